The third kappa shape index (κ3) is 5.37. The molecule has 0 saturated heterocycles. The van der Waals surface area contributed by atoms with E-state index in [1.165, 1.54) is 0 Å². The Hall–Kier alpha value is 0.186. The summed E-state index contributed by atoms with van der Waals surface area (Å²) in [5.41, 5.74) is 1.23. The molecule has 7 nitrogen and oxygen atoms in total. The van der Waals surface area contributed by atoms with E-state index in [9.17, 15) is 21.4 Å². The van der Waals surface area contributed by atoms with Crippen molar-refractivity contribution in [1.82, 2.24) is 9.55 Å². The standard InChI is InChI=1S/C12H16N2O5S2.K/c1-20(15,16)12-13-10-6-2-3-7-11(10)14(12)8-4-5-9-21(17,18)19;/h2-3,6-7H,4-5,8-9H2,1H3,(H,17,18,19);/q;+1/p-1. The topological polar surface area (TPSA) is 109 Å². The summed E-state index contributed by atoms with van der Waals surface area (Å²) in [5, 5.41) is -0.0475. The number of hydrogen-bond acceptors (Lipinski definition) is 6. The predicted octanol–water partition coefficient (Wildman–Crippen LogP) is -2.23. The zero-order valence-electron chi connectivity index (χ0n) is 12.4. The number of fused-ring (bicyclic) bond motifs is 1. The van der Waals surface area contributed by atoms with Gasteiger partial charge in [0.2, 0.25) is 15.0 Å². The van der Waals surface area contributed by atoms with Crippen molar-refractivity contribution >= 4 is 31.0 Å². The fourth-order valence-electron chi connectivity index (χ4n) is 2.10. The fourth-order valence-corrected chi connectivity index (χ4v) is 3.51. The number of hydrogen-bond donors (Lipinski definition) is 0. The summed E-state index contributed by atoms with van der Waals surface area (Å²) in [7, 11) is -7.73. The Kier molecular flexibility index (Phi) is 7.21. The van der Waals surface area contributed by atoms with Crippen LogP contribution in [0.1, 0.15) is 12.8 Å². The molecule has 22 heavy (non-hydrogen) atoms. The Bertz CT molecular complexity index is 859. The van der Waals surface area contributed by atoms with Crippen LogP contribution in [0, 0.1) is 0 Å². The summed E-state index contributed by atoms with van der Waals surface area (Å²) >= 11 is 0. The molecular formula is C12H15KN2O5S2. The van der Waals surface area contributed by atoms with Crippen LogP contribution in [0.2, 0.25) is 0 Å². The number of aromatic nitrogens is 2. The molecule has 0 unspecified atom stereocenters. The Labute approximate surface area is 172 Å². The molecule has 0 saturated carbocycles. The Morgan fingerprint density at radius 1 is 1.14 bits per heavy atom. The first kappa shape index (κ1) is 20.2. The van der Waals surface area contributed by atoms with E-state index in [0.717, 1.165) is 6.26 Å². The molecule has 0 atom stereocenters. The summed E-state index contributed by atoms with van der Waals surface area (Å²) < 4.78 is 56.8. The fraction of sp³-hybridized carbons (Fsp3) is 0.417. The van der Waals surface area contributed by atoms with Crippen molar-refractivity contribution in [2.75, 3.05) is 12.0 Å². The third-order valence-corrected chi connectivity index (χ3v) is 4.74. The summed E-state index contributed by atoms with van der Waals surface area (Å²) in [5.74, 6) is -0.451. The number of aryl methyl sites for hydroxylation is 1. The number of para-hydroxylation sites is 2. The van der Waals surface area contributed by atoms with Gasteiger partial charge in [-0.15, -0.1) is 0 Å². The van der Waals surface area contributed by atoms with Crippen LogP contribution in [0.15, 0.2) is 29.4 Å². The van der Waals surface area contributed by atoms with Crippen LogP contribution in [-0.4, -0.2) is 42.9 Å². The van der Waals surface area contributed by atoms with Crippen LogP contribution in [-0.2, 0) is 26.5 Å². The van der Waals surface area contributed by atoms with Crippen LogP contribution in [0.25, 0.3) is 11.0 Å². The molecule has 1 aromatic heterocycles. The maximum atomic E-state index is 11.8. The van der Waals surface area contributed by atoms with E-state index in [4.69, 9.17) is 0 Å². The third-order valence-electron chi connectivity index (χ3n) is 2.98. The number of rotatable bonds is 6. The minimum absolute atomic E-state index is 0. The molecular weight excluding hydrogens is 355 g/mol. The number of benzene rings is 1. The molecule has 0 aliphatic heterocycles. The molecule has 2 aromatic rings. The average Bonchev–Trinajstić information content (AvgIpc) is 2.72. The molecule has 0 aliphatic carbocycles. The van der Waals surface area contributed by atoms with Crippen molar-refractivity contribution in [1.29, 1.82) is 0 Å². The van der Waals surface area contributed by atoms with Gasteiger partial charge in [0.1, 0.15) is 0 Å². The second-order valence-corrected chi connectivity index (χ2v) is 8.21. The van der Waals surface area contributed by atoms with Crippen LogP contribution in [0.5, 0.6) is 0 Å². The molecule has 2 rings (SSSR count). The van der Waals surface area contributed by atoms with E-state index in [0.29, 0.717) is 24.0 Å². The number of imidazole rings is 1. The minimum atomic E-state index is -4.24. The SMILES string of the molecule is CS(=O)(=O)c1nc2ccccc2n1CCCCS(=O)(=O)[O-].[K+]. The molecule has 0 fully saturated rings. The Morgan fingerprint density at radius 3 is 2.36 bits per heavy atom. The predicted molar refractivity (Wildman–Crippen MR) is 76.6 cm³/mol. The van der Waals surface area contributed by atoms with Crippen molar-refractivity contribution < 1.29 is 72.8 Å². The normalized spacial score (nSPS) is 12.3. The van der Waals surface area contributed by atoms with Gasteiger partial charge < -0.3 is 9.12 Å². The number of sulfone groups is 1. The molecule has 10 heteroatoms. The maximum absolute atomic E-state index is 11.8. The zero-order valence-corrected chi connectivity index (χ0v) is 17.1. The van der Waals surface area contributed by atoms with Crippen molar-refractivity contribution in [3.63, 3.8) is 0 Å². The van der Waals surface area contributed by atoms with Gasteiger partial charge >= 0.3 is 51.4 Å². The summed E-state index contributed by atoms with van der Waals surface area (Å²) in [4.78, 5) is 4.11. The van der Waals surface area contributed by atoms with E-state index < -0.39 is 25.7 Å². The van der Waals surface area contributed by atoms with Gasteiger partial charge in [-0.3, -0.25) is 0 Å². The molecule has 0 amide bonds. The quantitative estimate of drug-likeness (QED) is 0.323. The van der Waals surface area contributed by atoms with Gasteiger partial charge in [0.25, 0.3) is 0 Å². The van der Waals surface area contributed by atoms with Crippen LogP contribution in [0.3, 0.4) is 0 Å². The van der Waals surface area contributed by atoms with Crippen molar-refractivity contribution in [3.8, 4) is 0 Å². The van der Waals surface area contributed by atoms with Gasteiger partial charge in [0, 0.05) is 18.6 Å². The number of nitrogens with zero attached hydrogens (tertiary/aromatic N) is 2. The van der Waals surface area contributed by atoms with Crippen molar-refractivity contribution in [2.24, 2.45) is 0 Å². The smallest absolute Gasteiger partial charge is 0.748 e. The number of unbranched alkanes of at least 4 members (excludes halogenated alkanes) is 1. The van der Waals surface area contributed by atoms with Crippen molar-refractivity contribution in [2.45, 2.75) is 24.5 Å². The average molecular weight is 370 g/mol. The molecule has 0 radical (unpaired) electrons. The molecule has 1 heterocycles. The molecule has 116 valence electrons. The van der Waals surface area contributed by atoms with Gasteiger partial charge in [-0.05, 0) is 25.0 Å². The van der Waals surface area contributed by atoms with Gasteiger partial charge in [0.15, 0.2) is 0 Å². The van der Waals surface area contributed by atoms with Crippen LogP contribution < -0.4 is 51.4 Å². The molecule has 0 bridgehead atoms. The first-order valence-corrected chi connectivity index (χ1v) is 9.74. The van der Waals surface area contributed by atoms with Gasteiger partial charge in [-0.1, -0.05) is 12.1 Å². The van der Waals surface area contributed by atoms with E-state index in [1.807, 2.05) is 0 Å². The van der Waals surface area contributed by atoms with Gasteiger partial charge in [-0.2, -0.15) is 0 Å². The first-order valence-electron chi connectivity index (χ1n) is 6.27. The van der Waals surface area contributed by atoms with Crippen molar-refractivity contribution in [3.05, 3.63) is 24.3 Å². The van der Waals surface area contributed by atoms with Gasteiger partial charge in [-0.25, -0.2) is 21.8 Å². The summed E-state index contributed by atoms with van der Waals surface area (Å²) in [6.07, 6.45) is 1.64. The van der Waals surface area contributed by atoms with E-state index in [2.05, 4.69) is 4.98 Å². The molecule has 0 aliphatic rings. The van der Waals surface area contributed by atoms with E-state index in [-0.39, 0.29) is 63.0 Å². The van der Waals surface area contributed by atoms with E-state index >= 15 is 0 Å². The zero-order chi connectivity index (χ0) is 15.7. The summed E-state index contributed by atoms with van der Waals surface area (Å²) in [6, 6.07) is 6.99. The summed E-state index contributed by atoms with van der Waals surface area (Å²) in [6.45, 7) is 0.290. The Morgan fingerprint density at radius 2 is 1.77 bits per heavy atom. The maximum Gasteiger partial charge on any atom is 1.00 e. The van der Waals surface area contributed by atoms with Gasteiger partial charge in [0.05, 0.1) is 21.2 Å². The minimum Gasteiger partial charge on any atom is -0.748 e. The largest absolute Gasteiger partial charge is 1.00 e. The molecule has 0 N–H and O–H groups in total. The van der Waals surface area contributed by atoms with Crippen LogP contribution >= 0.6 is 0 Å². The monoisotopic (exact) mass is 370 g/mol. The first-order chi connectivity index (χ1) is 9.68. The Balaban J connectivity index is 0.00000242. The molecule has 1 aromatic carbocycles. The second-order valence-electron chi connectivity index (χ2n) is 4.78. The van der Waals surface area contributed by atoms with E-state index in [1.54, 1.807) is 28.8 Å². The van der Waals surface area contributed by atoms with Crippen LogP contribution in [0.4, 0.5) is 0 Å². The molecule has 0 spiro atoms. The second kappa shape index (κ2) is 7.84.